The molecule has 0 fully saturated rings. The number of imidazole rings is 1. The van der Waals surface area contributed by atoms with Crippen LogP contribution in [0.4, 0.5) is 0 Å². The summed E-state index contributed by atoms with van der Waals surface area (Å²) in [7, 11) is 0. The molecule has 0 atom stereocenters. The molecule has 24 heavy (non-hydrogen) atoms. The summed E-state index contributed by atoms with van der Waals surface area (Å²) in [5.74, 6) is 0. The molecule has 4 aromatic rings. The van der Waals surface area contributed by atoms with Crippen LogP contribution in [-0.4, -0.2) is 4.98 Å². The molecular formula is C20H15ClN3+. The maximum atomic E-state index is 9.70. The summed E-state index contributed by atoms with van der Waals surface area (Å²) in [5.41, 5.74) is 6.42. The number of aromatic nitrogens is 2. The van der Waals surface area contributed by atoms with Crippen molar-refractivity contribution in [2.45, 2.75) is 13.3 Å². The minimum absolute atomic E-state index is 0.640. The minimum atomic E-state index is 0.640. The lowest BCUT2D eigenvalue weighted by molar-refractivity contribution is -0.479. The minimum Gasteiger partial charge on any atom is -0.235 e. The van der Waals surface area contributed by atoms with E-state index in [-0.39, 0.29) is 0 Å². The van der Waals surface area contributed by atoms with Gasteiger partial charge in [-0.05, 0) is 41.8 Å². The van der Waals surface area contributed by atoms with Gasteiger partial charge in [0, 0.05) is 12.0 Å². The number of nitrogens with one attached hydrogen (secondary N) is 1. The third-order valence-corrected chi connectivity index (χ3v) is 4.86. The lowest BCUT2D eigenvalue weighted by atomic mass is 9.99. The Morgan fingerprint density at radius 2 is 1.79 bits per heavy atom. The fourth-order valence-electron chi connectivity index (χ4n) is 3.22. The van der Waals surface area contributed by atoms with Crippen molar-refractivity contribution in [3.05, 3.63) is 82.0 Å². The van der Waals surface area contributed by atoms with Crippen molar-refractivity contribution in [3.8, 4) is 6.07 Å². The van der Waals surface area contributed by atoms with Gasteiger partial charge in [-0.2, -0.15) is 9.66 Å². The van der Waals surface area contributed by atoms with E-state index in [0.29, 0.717) is 17.1 Å². The maximum Gasteiger partial charge on any atom is 0.304 e. The average Bonchev–Trinajstić information content (AvgIpc) is 2.99. The molecule has 0 spiro atoms. The van der Waals surface area contributed by atoms with Gasteiger partial charge in [0.25, 0.3) is 0 Å². The summed E-state index contributed by atoms with van der Waals surface area (Å²) >= 11 is 6.78. The van der Waals surface area contributed by atoms with Gasteiger partial charge in [-0.25, -0.2) is 4.98 Å². The van der Waals surface area contributed by atoms with Crippen LogP contribution in [0.1, 0.15) is 22.3 Å². The number of para-hydroxylation sites is 2. The van der Waals surface area contributed by atoms with Gasteiger partial charge in [-0.1, -0.05) is 42.5 Å². The first-order valence-electron chi connectivity index (χ1n) is 7.78. The zero-order chi connectivity index (χ0) is 16.7. The van der Waals surface area contributed by atoms with E-state index in [0.717, 1.165) is 27.8 Å². The molecule has 0 amide bonds. The molecule has 116 valence electrons. The first-order valence-corrected chi connectivity index (χ1v) is 8.16. The number of nitrogens with zero attached hydrogens (tertiary/aromatic N) is 2. The second-order valence-electron chi connectivity index (χ2n) is 5.87. The van der Waals surface area contributed by atoms with Crippen LogP contribution in [0.15, 0.2) is 54.6 Å². The normalized spacial score (nSPS) is 11.0. The standard InChI is InChI=1S/C20H14ClN3/c1-13-15(11-14-7-3-2-4-8-14)19(21)24-18-10-6-5-9-17(18)23-20(24)16(13)12-22/h2-10H,11H2,1H3/p+1. The molecule has 4 rings (SSSR count). The number of pyridine rings is 1. The summed E-state index contributed by atoms with van der Waals surface area (Å²) < 4.78 is 1.95. The van der Waals surface area contributed by atoms with E-state index < -0.39 is 0 Å². The van der Waals surface area contributed by atoms with Crippen molar-refractivity contribution >= 4 is 28.3 Å². The largest absolute Gasteiger partial charge is 0.304 e. The van der Waals surface area contributed by atoms with Gasteiger partial charge >= 0.3 is 5.65 Å². The second kappa shape index (κ2) is 5.67. The van der Waals surface area contributed by atoms with Crippen molar-refractivity contribution in [1.82, 2.24) is 4.98 Å². The Morgan fingerprint density at radius 1 is 1.08 bits per heavy atom. The Morgan fingerprint density at radius 3 is 2.54 bits per heavy atom. The Kier molecular flexibility index (Phi) is 3.48. The predicted molar refractivity (Wildman–Crippen MR) is 95.2 cm³/mol. The van der Waals surface area contributed by atoms with Crippen molar-refractivity contribution in [2.24, 2.45) is 0 Å². The van der Waals surface area contributed by atoms with Crippen LogP contribution >= 0.6 is 11.6 Å². The van der Waals surface area contributed by atoms with Crippen molar-refractivity contribution < 1.29 is 4.40 Å². The van der Waals surface area contributed by atoms with Gasteiger partial charge in [0.15, 0.2) is 11.0 Å². The van der Waals surface area contributed by atoms with E-state index in [9.17, 15) is 5.26 Å². The molecule has 0 saturated carbocycles. The molecule has 2 heterocycles. The van der Waals surface area contributed by atoms with Crippen molar-refractivity contribution in [1.29, 1.82) is 5.26 Å². The molecule has 3 nitrogen and oxygen atoms in total. The van der Waals surface area contributed by atoms with Crippen LogP contribution in [0.3, 0.4) is 0 Å². The molecule has 4 heteroatoms. The third kappa shape index (κ3) is 2.16. The molecule has 2 aromatic heterocycles. The summed E-state index contributed by atoms with van der Waals surface area (Å²) in [6.07, 6.45) is 0.697. The molecule has 0 aliphatic heterocycles. The summed E-state index contributed by atoms with van der Waals surface area (Å²) in [5, 5.41) is 10.4. The van der Waals surface area contributed by atoms with E-state index in [4.69, 9.17) is 11.6 Å². The molecule has 1 N–H and O–H groups in total. The van der Waals surface area contributed by atoms with Crippen LogP contribution in [0.25, 0.3) is 16.7 Å². The van der Waals surface area contributed by atoms with Gasteiger partial charge in [0.05, 0.1) is 0 Å². The number of benzene rings is 2. The highest BCUT2D eigenvalue weighted by Crippen LogP contribution is 2.27. The summed E-state index contributed by atoms with van der Waals surface area (Å²) in [4.78, 5) is 3.33. The highest BCUT2D eigenvalue weighted by Gasteiger charge is 2.25. The highest BCUT2D eigenvalue weighted by molar-refractivity contribution is 6.29. The lowest BCUT2D eigenvalue weighted by Gasteiger charge is -2.09. The molecule has 0 unspecified atom stereocenters. The second-order valence-corrected chi connectivity index (χ2v) is 6.23. The number of hydrogen-bond donors (Lipinski definition) is 1. The fraction of sp³-hybridized carbons (Fsp3) is 0.100. The van der Waals surface area contributed by atoms with Crippen molar-refractivity contribution in [2.75, 3.05) is 0 Å². The molecule has 0 bridgehead atoms. The molecular weight excluding hydrogens is 318 g/mol. The number of rotatable bonds is 2. The number of hydrogen-bond acceptors (Lipinski definition) is 1. The molecule has 0 saturated heterocycles. The van der Waals surface area contributed by atoms with E-state index in [1.165, 1.54) is 5.56 Å². The average molecular weight is 333 g/mol. The lowest BCUT2D eigenvalue weighted by Crippen LogP contribution is -2.25. The topological polar surface area (TPSA) is 43.7 Å². The molecule has 0 aliphatic rings. The number of halogens is 1. The van der Waals surface area contributed by atoms with Crippen LogP contribution in [-0.2, 0) is 6.42 Å². The van der Waals surface area contributed by atoms with Gasteiger partial charge in [0.1, 0.15) is 11.6 Å². The first-order chi connectivity index (χ1) is 11.7. The number of aromatic amines is 1. The quantitative estimate of drug-likeness (QED) is 0.431. The third-order valence-electron chi connectivity index (χ3n) is 4.47. The summed E-state index contributed by atoms with van der Waals surface area (Å²) in [6.45, 7) is 1.97. The van der Waals surface area contributed by atoms with E-state index in [2.05, 4.69) is 23.2 Å². The van der Waals surface area contributed by atoms with Gasteiger partial charge in [0.2, 0.25) is 5.15 Å². The Bertz CT molecular complexity index is 1100. The van der Waals surface area contributed by atoms with Gasteiger partial charge in [-0.15, -0.1) is 0 Å². The predicted octanol–water partition coefficient (Wildman–Crippen LogP) is 4.33. The van der Waals surface area contributed by atoms with E-state index in [1.807, 2.05) is 53.8 Å². The number of fused-ring (bicyclic) bond motifs is 3. The van der Waals surface area contributed by atoms with Gasteiger partial charge in [-0.3, -0.25) is 0 Å². The molecule has 0 radical (unpaired) electrons. The number of H-pyrrole nitrogens is 1. The van der Waals surface area contributed by atoms with E-state index >= 15 is 0 Å². The first kappa shape index (κ1) is 14.7. The highest BCUT2D eigenvalue weighted by atomic mass is 35.5. The van der Waals surface area contributed by atoms with Crippen LogP contribution < -0.4 is 4.40 Å². The zero-order valence-electron chi connectivity index (χ0n) is 13.2. The smallest absolute Gasteiger partial charge is 0.235 e. The number of nitriles is 1. The Balaban J connectivity index is 2.07. The maximum absolute atomic E-state index is 9.70. The molecule has 2 aromatic carbocycles. The Labute approximate surface area is 144 Å². The van der Waals surface area contributed by atoms with Gasteiger partial charge < -0.3 is 0 Å². The fourth-order valence-corrected chi connectivity index (χ4v) is 3.60. The Hall–Kier alpha value is -2.83. The summed E-state index contributed by atoms with van der Waals surface area (Å²) in [6, 6.07) is 20.5. The molecule has 0 aliphatic carbocycles. The van der Waals surface area contributed by atoms with Crippen LogP contribution in [0.2, 0.25) is 5.15 Å². The van der Waals surface area contributed by atoms with Crippen LogP contribution in [0.5, 0.6) is 0 Å². The zero-order valence-corrected chi connectivity index (χ0v) is 13.9. The van der Waals surface area contributed by atoms with E-state index in [1.54, 1.807) is 0 Å². The van der Waals surface area contributed by atoms with Crippen LogP contribution in [0, 0.1) is 18.3 Å². The monoisotopic (exact) mass is 332 g/mol. The van der Waals surface area contributed by atoms with Crippen molar-refractivity contribution in [3.63, 3.8) is 0 Å². The SMILES string of the molecule is Cc1c(Cc2ccccc2)c(Cl)[n+]2c([nH]c3ccccc32)c1C#N.